The Balaban J connectivity index is 1.87. The minimum absolute atomic E-state index is 0.0167. The summed E-state index contributed by atoms with van der Waals surface area (Å²) in [6, 6.07) is 9.85. The van der Waals surface area contributed by atoms with E-state index in [0.29, 0.717) is 19.5 Å². The van der Waals surface area contributed by atoms with Crippen LogP contribution in [0.2, 0.25) is 0 Å². The van der Waals surface area contributed by atoms with E-state index < -0.39 is 5.60 Å². The maximum atomic E-state index is 12.4. The quantitative estimate of drug-likeness (QED) is 0.800. The van der Waals surface area contributed by atoms with Crippen LogP contribution in [0, 0.1) is 0 Å². The maximum Gasteiger partial charge on any atom is 0.236 e. The molecule has 6 nitrogen and oxygen atoms in total. The second kappa shape index (κ2) is 8.26. The molecule has 0 spiro atoms. The molecular weight excluding hydrogens is 306 g/mol. The lowest BCUT2D eigenvalue weighted by Gasteiger charge is -2.39. The van der Waals surface area contributed by atoms with Crippen LogP contribution < -0.4 is 5.32 Å². The highest BCUT2D eigenvalue weighted by Gasteiger charge is 2.35. The molecule has 2 rings (SSSR count). The molecule has 1 fully saturated rings. The van der Waals surface area contributed by atoms with Crippen molar-refractivity contribution in [1.82, 2.24) is 15.1 Å². The number of benzene rings is 1. The SMILES string of the molecule is CNC(=O)CC1(O)CCCN(CC(=O)N(C)Cc2ccccc2)C1. The van der Waals surface area contributed by atoms with Crippen molar-refractivity contribution in [3.05, 3.63) is 35.9 Å². The van der Waals surface area contributed by atoms with Crippen molar-refractivity contribution >= 4 is 11.8 Å². The Hall–Kier alpha value is -1.92. The number of nitrogens with zero attached hydrogens (tertiary/aromatic N) is 2. The van der Waals surface area contributed by atoms with Gasteiger partial charge in [-0.25, -0.2) is 0 Å². The van der Waals surface area contributed by atoms with E-state index in [0.717, 1.165) is 18.5 Å². The summed E-state index contributed by atoms with van der Waals surface area (Å²) in [5.74, 6) is -0.157. The van der Waals surface area contributed by atoms with Gasteiger partial charge in [0.05, 0.1) is 18.6 Å². The monoisotopic (exact) mass is 333 g/mol. The van der Waals surface area contributed by atoms with Gasteiger partial charge in [0, 0.05) is 27.2 Å². The number of likely N-dealkylation sites (tertiary alicyclic amines) is 1. The Morgan fingerprint density at radius 2 is 2.04 bits per heavy atom. The van der Waals surface area contributed by atoms with E-state index in [9.17, 15) is 14.7 Å². The van der Waals surface area contributed by atoms with Crippen molar-refractivity contribution in [2.45, 2.75) is 31.4 Å². The van der Waals surface area contributed by atoms with E-state index in [1.54, 1.807) is 19.0 Å². The third-order valence-corrected chi connectivity index (χ3v) is 4.45. The van der Waals surface area contributed by atoms with Crippen molar-refractivity contribution in [3.8, 4) is 0 Å². The van der Waals surface area contributed by atoms with Crippen LogP contribution in [0.5, 0.6) is 0 Å². The van der Waals surface area contributed by atoms with Crippen molar-refractivity contribution in [2.75, 3.05) is 33.7 Å². The van der Waals surface area contributed by atoms with Gasteiger partial charge in [-0.3, -0.25) is 14.5 Å². The van der Waals surface area contributed by atoms with Gasteiger partial charge in [-0.1, -0.05) is 30.3 Å². The fourth-order valence-electron chi connectivity index (χ4n) is 3.13. The van der Waals surface area contributed by atoms with Gasteiger partial charge in [-0.2, -0.15) is 0 Å². The molecule has 2 amide bonds. The third-order valence-electron chi connectivity index (χ3n) is 4.45. The van der Waals surface area contributed by atoms with Crippen LogP contribution >= 0.6 is 0 Å². The summed E-state index contributed by atoms with van der Waals surface area (Å²) in [7, 11) is 3.35. The number of hydrogen-bond donors (Lipinski definition) is 2. The number of β-amino-alcohol motifs (C(OH)–C–C–N with tert-alkyl or cyclic N) is 1. The van der Waals surface area contributed by atoms with Crippen molar-refractivity contribution in [2.24, 2.45) is 0 Å². The van der Waals surface area contributed by atoms with Crippen LogP contribution in [0.25, 0.3) is 0 Å². The number of carbonyl (C=O) groups is 2. The topological polar surface area (TPSA) is 72.9 Å². The molecule has 1 atom stereocenters. The first kappa shape index (κ1) is 18.4. The largest absolute Gasteiger partial charge is 0.388 e. The number of hydrogen-bond acceptors (Lipinski definition) is 4. The van der Waals surface area contributed by atoms with Crippen molar-refractivity contribution < 1.29 is 14.7 Å². The minimum atomic E-state index is -1.05. The second-order valence-electron chi connectivity index (χ2n) is 6.62. The molecule has 1 aromatic rings. The molecule has 2 N–H and O–H groups in total. The number of nitrogens with one attached hydrogen (secondary N) is 1. The fourth-order valence-corrected chi connectivity index (χ4v) is 3.13. The lowest BCUT2D eigenvalue weighted by molar-refractivity contribution is -0.134. The summed E-state index contributed by atoms with van der Waals surface area (Å²) in [5.41, 5.74) is 0.0412. The number of amides is 2. The predicted molar refractivity (Wildman–Crippen MR) is 92.2 cm³/mol. The first-order chi connectivity index (χ1) is 11.4. The molecule has 1 unspecified atom stereocenters. The summed E-state index contributed by atoms with van der Waals surface area (Å²) in [6.07, 6.45) is 1.45. The minimum Gasteiger partial charge on any atom is -0.388 e. The van der Waals surface area contributed by atoms with E-state index in [1.165, 1.54) is 0 Å². The number of piperidine rings is 1. The number of rotatable bonds is 6. The zero-order chi connectivity index (χ0) is 17.6. The molecule has 0 aliphatic carbocycles. The van der Waals surface area contributed by atoms with Gasteiger partial charge in [-0.05, 0) is 24.9 Å². The molecule has 1 aliphatic heterocycles. The van der Waals surface area contributed by atoms with E-state index in [2.05, 4.69) is 5.32 Å². The smallest absolute Gasteiger partial charge is 0.236 e. The molecule has 24 heavy (non-hydrogen) atoms. The van der Waals surface area contributed by atoms with Gasteiger partial charge in [0.15, 0.2) is 0 Å². The number of carbonyl (C=O) groups excluding carboxylic acids is 2. The first-order valence-electron chi connectivity index (χ1n) is 8.35. The van der Waals surface area contributed by atoms with Crippen LogP contribution in [0.4, 0.5) is 0 Å². The first-order valence-corrected chi connectivity index (χ1v) is 8.35. The Morgan fingerprint density at radius 1 is 1.33 bits per heavy atom. The third kappa shape index (κ3) is 5.32. The highest BCUT2D eigenvalue weighted by molar-refractivity contribution is 5.78. The molecule has 132 valence electrons. The molecule has 0 radical (unpaired) electrons. The Bertz CT molecular complexity index is 564. The van der Waals surface area contributed by atoms with Gasteiger partial charge in [0.1, 0.15) is 0 Å². The summed E-state index contributed by atoms with van der Waals surface area (Å²) in [5, 5.41) is 13.1. The number of likely N-dealkylation sites (N-methyl/N-ethyl adjacent to an activating group) is 1. The molecule has 6 heteroatoms. The van der Waals surface area contributed by atoms with Crippen molar-refractivity contribution in [1.29, 1.82) is 0 Å². The fraction of sp³-hybridized carbons (Fsp3) is 0.556. The van der Waals surface area contributed by atoms with Gasteiger partial charge in [-0.15, -0.1) is 0 Å². The van der Waals surface area contributed by atoms with E-state index in [-0.39, 0.29) is 24.8 Å². The second-order valence-corrected chi connectivity index (χ2v) is 6.62. The number of aliphatic hydroxyl groups is 1. The van der Waals surface area contributed by atoms with Gasteiger partial charge in [0.2, 0.25) is 11.8 Å². The van der Waals surface area contributed by atoms with Gasteiger partial charge in [0.25, 0.3) is 0 Å². The van der Waals surface area contributed by atoms with Crippen LogP contribution in [0.1, 0.15) is 24.8 Å². The average Bonchev–Trinajstić information content (AvgIpc) is 2.55. The molecule has 0 bridgehead atoms. The van der Waals surface area contributed by atoms with Crippen LogP contribution in [0.15, 0.2) is 30.3 Å². The van der Waals surface area contributed by atoms with E-state index in [1.807, 2.05) is 35.2 Å². The lowest BCUT2D eigenvalue weighted by Crippen LogP contribution is -2.52. The zero-order valence-corrected chi connectivity index (χ0v) is 14.5. The maximum absolute atomic E-state index is 12.4. The lowest BCUT2D eigenvalue weighted by atomic mass is 9.89. The summed E-state index contributed by atoms with van der Waals surface area (Å²) >= 11 is 0. The molecular formula is C18H27N3O3. The standard InChI is InChI=1S/C18H27N3O3/c1-19-16(22)11-18(24)9-6-10-21(14-18)13-17(23)20(2)12-15-7-4-3-5-8-15/h3-5,7-8,24H,6,9-14H2,1-2H3,(H,19,22). The normalized spacial score (nSPS) is 21.3. The predicted octanol–water partition coefficient (Wildman–Crippen LogP) is 0.608. The van der Waals surface area contributed by atoms with E-state index in [4.69, 9.17) is 0 Å². The average molecular weight is 333 g/mol. The Kier molecular flexibility index (Phi) is 6.34. The zero-order valence-electron chi connectivity index (χ0n) is 14.5. The summed E-state index contributed by atoms with van der Waals surface area (Å²) in [4.78, 5) is 27.6. The molecule has 0 aromatic heterocycles. The summed E-state index contributed by atoms with van der Waals surface area (Å²) < 4.78 is 0. The van der Waals surface area contributed by atoms with E-state index >= 15 is 0 Å². The van der Waals surface area contributed by atoms with Gasteiger partial charge >= 0.3 is 0 Å². The molecule has 1 aromatic carbocycles. The van der Waals surface area contributed by atoms with Crippen molar-refractivity contribution in [3.63, 3.8) is 0 Å². The van der Waals surface area contributed by atoms with Crippen LogP contribution in [0.3, 0.4) is 0 Å². The molecule has 1 heterocycles. The van der Waals surface area contributed by atoms with Crippen LogP contribution in [-0.2, 0) is 16.1 Å². The summed E-state index contributed by atoms with van der Waals surface area (Å²) in [6.45, 7) is 1.95. The molecule has 1 aliphatic rings. The Labute approximate surface area is 143 Å². The molecule has 0 saturated carbocycles. The van der Waals surface area contributed by atoms with Crippen LogP contribution in [-0.4, -0.2) is 66.1 Å². The van der Waals surface area contributed by atoms with Gasteiger partial charge < -0.3 is 15.3 Å². The Morgan fingerprint density at radius 3 is 2.71 bits per heavy atom. The highest BCUT2D eigenvalue weighted by atomic mass is 16.3. The molecule has 1 saturated heterocycles. The highest BCUT2D eigenvalue weighted by Crippen LogP contribution is 2.24.